The molecule has 1 unspecified atom stereocenters. The van der Waals surface area contributed by atoms with Gasteiger partial charge in [-0.15, -0.1) is 0 Å². The Kier molecular flexibility index (Phi) is 4.18. The predicted molar refractivity (Wildman–Crippen MR) is 78.6 cm³/mol. The molecule has 0 aromatic rings. The van der Waals surface area contributed by atoms with Crippen LogP contribution in [0, 0.1) is 0 Å². The van der Waals surface area contributed by atoms with Crippen molar-refractivity contribution in [1.29, 1.82) is 0 Å². The van der Waals surface area contributed by atoms with Crippen molar-refractivity contribution < 1.29 is 14.3 Å². The zero-order valence-corrected chi connectivity index (χ0v) is 13.5. The summed E-state index contributed by atoms with van der Waals surface area (Å²) in [5.41, 5.74) is -1.63. The number of hydrogen-bond donors (Lipinski definition) is 1. The molecule has 2 aliphatic rings. The fraction of sp³-hybridized carbons (Fsp3) is 0.938. The first kappa shape index (κ1) is 15.8. The molecule has 1 saturated carbocycles. The third kappa shape index (κ3) is 2.73. The van der Waals surface area contributed by atoms with Crippen molar-refractivity contribution in [2.75, 3.05) is 7.11 Å². The lowest BCUT2D eigenvalue weighted by atomic mass is 9.77. The van der Waals surface area contributed by atoms with Gasteiger partial charge in [-0.2, -0.15) is 0 Å². The molecule has 1 heterocycles. The smallest absolute Gasteiger partial charge is 0.329 e. The second-order valence-corrected chi connectivity index (χ2v) is 7.43. The van der Waals surface area contributed by atoms with Crippen molar-refractivity contribution in [3.05, 3.63) is 0 Å². The molecule has 4 heteroatoms. The second kappa shape index (κ2) is 5.30. The van der Waals surface area contributed by atoms with Crippen LogP contribution in [0.3, 0.4) is 0 Å². The van der Waals surface area contributed by atoms with E-state index in [1.807, 2.05) is 27.7 Å². The molecular weight excluding hydrogens is 254 g/mol. The van der Waals surface area contributed by atoms with Crippen LogP contribution in [0.1, 0.15) is 66.2 Å². The molecule has 0 aromatic heterocycles. The summed E-state index contributed by atoms with van der Waals surface area (Å²) in [6.45, 7) is 8.08. The van der Waals surface area contributed by atoms with Crippen LogP contribution in [0.5, 0.6) is 0 Å². The summed E-state index contributed by atoms with van der Waals surface area (Å²) in [6, 6.07) is 0.389. The molecule has 1 N–H and O–H groups in total. The number of carbonyl (C=O) groups is 1. The normalized spacial score (nSPS) is 33.0. The minimum atomic E-state index is -0.743. The lowest BCUT2D eigenvalue weighted by Crippen LogP contribution is -2.65. The highest BCUT2D eigenvalue weighted by Gasteiger charge is 2.63. The Bertz CT molecular complexity index is 372. The molecular formula is C16H29NO3. The van der Waals surface area contributed by atoms with Gasteiger partial charge in [0.15, 0.2) is 0 Å². The molecule has 0 amide bonds. The van der Waals surface area contributed by atoms with Gasteiger partial charge in [-0.3, -0.25) is 5.32 Å². The molecule has 0 radical (unpaired) electrons. The third-order valence-corrected chi connectivity index (χ3v) is 4.84. The van der Waals surface area contributed by atoms with E-state index in [1.165, 1.54) is 26.4 Å². The van der Waals surface area contributed by atoms with E-state index in [0.717, 1.165) is 12.8 Å². The van der Waals surface area contributed by atoms with Gasteiger partial charge in [0.05, 0.1) is 18.3 Å². The van der Waals surface area contributed by atoms with Gasteiger partial charge in [0.25, 0.3) is 0 Å². The lowest BCUT2D eigenvalue weighted by Gasteiger charge is -2.41. The van der Waals surface area contributed by atoms with Crippen LogP contribution in [-0.2, 0) is 14.3 Å². The molecule has 1 aliphatic carbocycles. The van der Waals surface area contributed by atoms with Crippen molar-refractivity contribution in [2.24, 2.45) is 0 Å². The van der Waals surface area contributed by atoms with Crippen LogP contribution in [0.15, 0.2) is 0 Å². The van der Waals surface area contributed by atoms with E-state index in [9.17, 15) is 4.79 Å². The van der Waals surface area contributed by atoms with E-state index in [0.29, 0.717) is 12.5 Å². The molecule has 1 saturated heterocycles. The first-order valence-corrected chi connectivity index (χ1v) is 7.79. The van der Waals surface area contributed by atoms with Crippen LogP contribution in [0.2, 0.25) is 0 Å². The summed E-state index contributed by atoms with van der Waals surface area (Å²) in [5.74, 6) is -0.196. The topological polar surface area (TPSA) is 47.6 Å². The number of esters is 1. The maximum atomic E-state index is 12.5. The molecule has 4 nitrogen and oxygen atoms in total. The molecule has 20 heavy (non-hydrogen) atoms. The van der Waals surface area contributed by atoms with E-state index in [1.54, 1.807) is 0 Å². The maximum absolute atomic E-state index is 12.5. The Morgan fingerprint density at radius 3 is 2.20 bits per heavy atom. The summed E-state index contributed by atoms with van der Waals surface area (Å²) in [4.78, 5) is 12.5. The molecule has 1 aliphatic heterocycles. The summed E-state index contributed by atoms with van der Waals surface area (Å²) in [7, 11) is 1.47. The number of nitrogens with one attached hydrogen (secondary N) is 1. The minimum absolute atomic E-state index is 0.196. The molecule has 2 rings (SSSR count). The summed E-state index contributed by atoms with van der Waals surface area (Å²) >= 11 is 0. The summed E-state index contributed by atoms with van der Waals surface area (Å²) in [5, 5.41) is 3.63. The van der Waals surface area contributed by atoms with E-state index < -0.39 is 11.1 Å². The standard InChI is InChI=1S/C16H29NO3/c1-14(2)11-16(13(18)19-5,15(3,4)20-14)17-12-9-7-6-8-10-12/h12,17H,6-11H2,1-5H3. The lowest BCUT2D eigenvalue weighted by molar-refractivity contribution is -0.158. The van der Waals surface area contributed by atoms with Crippen molar-refractivity contribution in [3.63, 3.8) is 0 Å². The van der Waals surface area contributed by atoms with Gasteiger partial charge in [-0.25, -0.2) is 4.79 Å². The van der Waals surface area contributed by atoms with Crippen molar-refractivity contribution >= 4 is 5.97 Å². The molecule has 0 spiro atoms. The second-order valence-electron chi connectivity index (χ2n) is 7.43. The van der Waals surface area contributed by atoms with Crippen LogP contribution >= 0.6 is 0 Å². The predicted octanol–water partition coefficient (Wildman–Crippen LogP) is 2.80. The van der Waals surface area contributed by atoms with Crippen LogP contribution in [0.25, 0.3) is 0 Å². The number of methoxy groups -OCH3 is 1. The SMILES string of the molecule is COC(=O)C1(NC2CCCCC2)CC(C)(C)OC1(C)C. The van der Waals surface area contributed by atoms with Crippen molar-refractivity contribution in [3.8, 4) is 0 Å². The molecule has 1 atom stereocenters. The zero-order chi connectivity index (χ0) is 15.0. The van der Waals surface area contributed by atoms with Gasteiger partial charge in [-0.05, 0) is 40.5 Å². The van der Waals surface area contributed by atoms with Gasteiger partial charge in [0.1, 0.15) is 5.54 Å². The third-order valence-electron chi connectivity index (χ3n) is 4.84. The number of carbonyl (C=O) groups excluding carboxylic acids is 1. The first-order chi connectivity index (χ1) is 9.22. The largest absolute Gasteiger partial charge is 0.468 e. The van der Waals surface area contributed by atoms with Gasteiger partial charge < -0.3 is 9.47 Å². The van der Waals surface area contributed by atoms with E-state index in [-0.39, 0.29) is 11.6 Å². The Labute approximate surface area is 122 Å². The Balaban J connectivity index is 2.28. The number of hydrogen-bond acceptors (Lipinski definition) is 4. The van der Waals surface area contributed by atoms with E-state index in [2.05, 4.69) is 5.32 Å². The van der Waals surface area contributed by atoms with Crippen molar-refractivity contribution in [2.45, 2.75) is 89.0 Å². The molecule has 2 fully saturated rings. The maximum Gasteiger partial charge on any atom is 0.329 e. The highest BCUT2D eigenvalue weighted by molar-refractivity contribution is 5.83. The number of ether oxygens (including phenoxy) is 2. The number of rotatable bonds is 3. The van der Waals surface area contributed by atoms with Gasteiger partial charge in [-0.1, -0.05) is 19.3 Å². The molecule has 0 aromatic carbocycles. The Hall–Kier alpha value is -0.610. The van der Waals surface area contributed by atoms with E-state index >= 15 is 0 Å². The fourth-order valence-corrected chi connectivity index (χ4v) is 4.04. The average molecular weight is 283 g/mol. The van der Waals surface area contributed by atoms with Crippen LogP contribution in [-0.4, -0.2) is 35.9 Å². The van der Waals surface area contributed by atoms with Crippen LogP contribution in [0.4, 0.5) is 0 Å². The molecule has 116 valence electrons. The quantitative estimate of drug-likeness (QED) is 0.809. The summed E-state index contributed by atoms with van der Waals surface area (Å²) < 4.78 is 11.3. The Morgan fingerprint density at radius 1 is 1.15 bits per heavy atom. The Morgan fingerprint density at radius 2 is 1.75 bits per heavy atom. The summed E-state index contributed by atoms with van der Waals surface area (Å²) in [6.07, 6.45) is 6.69. The minimum Gasteiger partial charge on any atom is -0.468 e. The highest BCUT2D eigenvalue weighted by atomic mass is 16.6. The highest BCUT2D eigenvalue weighted by Crippen LogP contribution is 2.46. The first-order valence-electron chi connectivity index (χ1n) is 7.79. The average Bonchev–Trinajstić information content (AvgIpc) is 2.55. The monoisotopic (exact) mass is 283 g/mol. The van der Waals surface area contributed by atoms with Gasteiger partial charge in [0, 0.05) is 12.5 Å². The van der Waals surface area contributed by atoms with E-state index in [4.69, 9.17) is 9.47 Å². The van der Waals surface area contributed by atoms with Gasteiger partial charge in [0.2, 0.25) is 0 Å². The zero-order valence-electron chi connectivity index (χ0n) is 13.5. The van der Waals surface area contributed by atoms with Gasteiger partial charge >= 0.3 is 5.97 Å². The van der Waals surface area contributed by atoms with Crippen molar-refractivity contribution in [1.82, 2.24) is 5.32 Å². The molecule has 0 bridgehead atoms. The van der Waals surface area contributed by atoms with Crippen LogP contribution < -0.4 is 5.32 Å². The fourth-order valence-electron chi connectivity index (χ4n) is 4.04.